The van der Waals surface area contributed by atoms with Crippen molar-refractivity contribution in [3.8, 4) is 5.75 Å². The normalized spacial score (nSPS) is 21.0. The summed E-state index contributed by atoms with van der Waals surface area (Å²) in [6.07, 6.45) is 2.01. The molecule has 5 nitrogen and oxygen atoms in total. The van der Waals surface area contributed by atoms with E-state index in [1.807, 2.05) is 0 Å². The first-order valence-corrected chi connectivity index (χ1v) is 7.81. The predicted octanol–water partition coefficient (Wildman–Crippen LogP) is 2.70. The first-order chi connectivity index (χ1) is 10.9. The van der Waals surface area contributed by atoms with Crippen molar-refractivity contribution in [3.63, 3.8) is 0 Å². The molecular formula is C17H22FNO4. The van der Waals surface area contributed by atoms with Crippen LogP contribution >= 0.6 is 0 Å². The van der Waals surface area contributed by atoms with Gasteiger partial charge in [0.05, 0.1) is 12.0 Å². The lowest BCUT2D eigenvalue weighted by Gasteiger charge is -2.37. The zero-order valence-corrected chi connectivity index (χ0v) is 13.3. The lowest BCUT2D eigenvalue weighted by Crippen LogP contribution is -2.48. The fraction of sp³-hybridized carbons (Fsp3) is 0.529. The van der Waals surface area contributed by atoms with Gasteiger partial charge in [0.15, 0.2) is 11.6 Å². The molecule has 0 bridgehead atoms. The lowest BCUT2D eigenvalue weighted by atomic mass is 9.82. The molecule has 1 aromatic rings. The summed E-state index contributed by atoms with van der Waals surface area (Å²) in [6, 6.07) is 6.13. The molecule has 1 amide bonds. The maximum Gasteiger partial charge on any atom is 0.311 e. The summed E-state index contributed by atoms with van der Waals surface area (Å²) in [5, 5.41) is 9.27. The van der Waals surface area contributed by atoms with Gasteiger partial charge in [0.2, 0.25) is 5.91 Å². The average molecular weight is 323 g/mol. The number of para-hydroxylation sites is 1. The zero-order valence-electron chi connectivity index (χ0n) is 13.3. The van der Waals surface area contributed by atoms with Crippen molar-refractivity contribution in [1.82, 2.24) is 4.90 Å². The predicted molar refractivity (Wildman–Crippen MR) is 82.7 cm³/mol. The Labute approximate surface area is 135 Å². The standard InChI is InChI=1S/C17H22FNO4/c1-17(16(21)22)9-5-10-19(12-17)15(20)8-4-11-23-14-7-3-2-6-13(14)18/h2-3,6-7H,4-5,8-12H2,1H3,(H,21,22). The molecule has 0 radical (unpaired) electrons. The minimum absolute atomic E-state index is 0.0747. The molecule has 6 heteroatoms. The molecule has 0 aliphatic carbocycles. The van der Waals surface area contributed by atoms with E-state index in [2.05, 4.69) is 0 Å². The van der Waals surface area contributed by atoms with E-state index < -0.39 is 17.2 Å². The number of amides is 1. The second-order valence-electron chi connectivity index (χ2n) is 6.17. The number of benzene rings is 1. The Bertz CT molecular complexity index is 577. The van der Waals surface area contributed by atoms with Crippen LogP contribution in [-0.2, 0) is 9.59 Å². The maximum atomic E-state index is 13.4. The van der Waals surface area contributed by atoms with Crippen molar-refractivity contribution < 1.29 is 23.8 Å². The monoisotopic (exact) mass is 323 g/mol. The molecular weight excluding hydrogens is 301 g/mol. The summed E-state index contributed by atoms with van der Waals surface area (Å²) in [5.74, 6) is -1.18. The van der Waals surface area contributed by atoms with Crippen LogP contribution in [0.4, 0.5) is 4.39 Å². The molecule has 1 aliphatic rings. The minimum Gasteiger partial charge on any atom is -0.491 e. The fourth-order valence-electron chi connectivity index (χ4n) is 2.75. The van der Waals surface area contributed by atoms with Gasteiger partial charge < -0.3 is 14.7 Å². The Morgan fingerprint density at radius 2 is 2.13 bits per heavy atom. The molecule has 0 saturated carbocycles. The smallest absolute Gasteiger partial charge is 0.311 e. The molecule has 1 aliphatic heterocycles. The van der Waals surface area contributed by atoms with Crippen LogP contribution in [0, 0.1) is 11.2 Å². The Morgan fingerprint density at radius 3 is 2.83 bits per heavy atom. The maximum absolute atomic E-state index is 13.4. The summed E-state index contributed by atoms with van der Waals surface area (Å²) < 4.78 is 18.7. The molecule has 1 atom stereocenters. The summed E-state index contributed by atoms with van der Waals surface area (Å²) in [6.45, 7) is 2.76. The first kappa shape index (κ1) is 17.2. The highest BCUT2D eigenvalue weighted by Gasteiger charge is 2.39. The van der Waals surface area contributed by atoms with Gasteiger partial charge in [0.1, 0.15) is 0 Å². The molecule has 1 saturated heterocycles. The van der Waals surface area contributed by atoms with Gasteiger partial charge >= 0.3 is 5.97 Å². The molecule has 1 heterocycles. The summed E-state index contributed by atoms with van der Waals surface area (Å²) in [4.78, 5) is 25.1. The van der Waals surface area contributed by atoms with Crippen LogP contribution in [0.25, 0.3) is 0 Å². The van der Waals surface area contributed by atoms with E-state index in [1.54, 1.807) is 30.0 Å². The third-order valence-corrected chi connectivity index (χ3v) is 4.19. The molecule has 0 aromatic heterocycles. The van der Waals surface area contributed by atoms with Crippen LogP contribution < -0.4 is 4.74 Å². The van der Waals surface area contributed by atoms with Crippen molar-refractivity contribution in [3.05, 3.63) is 30.1 Å². The number of ether oxygens (including phenoxy) is 1. The average Bonchev–Trinajstić information content (AvgIpc) is 2.53. The molecule has 1 unspecified atom stereocenters. The Hall–Kier alpha value is -2.11. The quantitative estimate of drug-likeness (QED) is 0.817. The molecule has 1 aromatic carbocycles. The van der Waals surface area contributed by atoms with E-state index >= 15 is 0 Å². The number of likely N-dealkylation sites (tertiary alicyclic amines) is 1. The highest BCUT2D eigenvalue weighted by atomic mass is 19.1. The van der Waals surface area contributed by atoms with Crippen molar-refractivity contribution in [2.75, 3.05) is 19.7 Å². The van der Waals surface area contributed by atoms with Crippen molar-refractivity contribution in [2.45, 2.75) is 32.6 Å². The molecule has 1 fully saturated rings. The van der Waals surface area contributed by atoms with Crippen molar-refractivity contribution >= 4 is 11.9 Å². The van der Waals surface area contributed by atoms with Crippen LogP contribution in [0.2, 0.25) is 0 Å². The van der Waals surface area contributed by atoms with E-state index in [4.69, 9.17) is 4.74 Å². The van der Waals surface area contributed by atoms with Crippen LogP contribution in [0.5, 0.6) is 5.75 Å². The number of carboxylic acid groups (broad SMARTS) is 1. The van der Waals surface area contributed by atoms with E-state index in [9.17, 15) is 19.1 Å². The number of aliphatic carboxylic acids is 1. The number of carboxylic acids is 1. The molecule has 0 spiro atoms. The third-order valence-electron chi connectivity index (χ3n) is 4.19. The summed E-state index contributed by atoms with van der Waals surface area (Å²) >= 11 is 0. The van der Waals surface area contributed by atoms with E-state index in [0.29, 0.717) is 25.8 Å². The van der Waals surface area contributed by atoms with E-state index in [0.717, 1.165) is 0 Å². The van der Waals surface area contributed by atoms with E-state index in [1.165, 1.54) is 6.07 Å². The van der Waals surface area contributed by atoms with Gasteiger partial charge in [-0.2, -0.15) is 0 Å². The number of halogens is 1. The zero-order chi connectivity index (χ0) is 16.9. The van der Waals surface area contributed by atoms with Crippen molar-refractivity contribution in [1.29, 1.82) is 0 Å². The SMILES string of the molecule is CC1(C(=O)O)CCCN(C(=O)CCCOc2ccccc2F)C1. The van der Waals surface area contributed by atoms with Crippen LogP contribution in [-0.4, -0.2) is 41.6 Å². The number of nitrogens with zero attached hydrogens (tertiary/aromatic N) is 1. The topological polar surface area (TPSA) is 66.8 Å². The van der Waals surface area contributed by atoms with Gasteiger partial charge in [0.25, 0.3) is 0 Å². The lowest BCUT2D eigenvalue weighted by molar-refractivity contribution is -0.153. The van der Waals surface area contributed by atoms with Gasteiger partial charge in [-0.15, -0.1) is 0 Å². The Balaban J connectivity index is 1.77. The highest BCUT2D eigenvalue weighted by Crippen LogP contribution is 2.30. The number of carbonyl (C=O) groups excluding carboxylic acids is 1. The first-order valence-electron chi connectivity index (χ1n) is 7.81. The molecule has 2 rings (SSSR count). The third kappa shape index (κ3) is 4.43. The summed E-state index contributed by atoms with van der Waals surface area (Å²) in [7, 11) is 0. The van der Waals surface area contributed by atoms with Crippen LogP contribution in [0.3, 0.4) is 0 Å². The van der Waals surface area contributed by atoms with Gasteiger partial charge in [0, 0.05) is 19.5 Å². The van der Waals surface area contributed by atoms with Crippen LogP contribution in [0.1, 0.15) is 32.6 Å². The van der Waals surface area contributed by atoms with Gasteiger partial charge in [-0.1, -0.05) is 12.1 Å². The molecule has 1 N–H and O–H groups in total. The van der Waals surface area contributed by atoms with E-state index in [-0.39, 0.29) is 31.2 Å². The van der Waals surface area contributed by atoms with Crippen molar-refractivity contribution in [2.24, 2.45) is 5.41 Å². The largest absolute Gasteiger partial charge is 0.491 e. The second kappa shape index (κ2) is 7.44. The highest BCUT2D eigenvalue weighted by molar-refractivity contribution is 5.79. The van der Waals surface area contributed by atoms with Gasteiger partial charge in [-0.05, 0) is 38.3 Å². The number of rotatable bonds is 6. The number of piperidine rings is 1. The number of hydrogen-bond acceptors (Lipinski definition) is 3. The Morgan fingerprint density at radius 1 is 1.39 bits per heavy atom. The van der Waals surface area contributed by atoms with Gasteiger partial charge in [-0.25, -0.2) is 4.39 Å². The fourth-order valence-corrected chi connectivity index (χ4v) is 2.75. The second-order valence-corrected chi connectivity index (χ2v) is 6.17. The minimum atomic E-state index is -0.864. The molecule has 23 heavy (non-hydrogen) atoms. The van der Waals surface area contributed by atoms with Crippen LogP contribution in [0.15, 0.2) is 24.3 Å². The number of hydrogen-bond donors (Lipinski definition) is 1. The Kier molecular flexibility index (Phi) is 5.58. The number of carbonyl (C=O) groups is 2. The molecule has 126 valence electrons. The van der Waals surface area contributed by atoms with Gasteiger partial charge in [-0.3, -0.25) is 9.59 Å². The summed E-state index contributed by atoms with van der Waals surface area (Å²) in [5.41, 5.74) is -0.864.